The summed E-state index contributed by atoms with van der Waals surface area (Å²) in [6.45, 7) is 0. The van der Waals surface area contributed by atoms with E-state index in [-0.39, 0.29) is 12.1 Å². The Morgan fingerprint density at radius 1 is 1.44 bits per heavy atom. The Hall–Kier alpha value is -1.39. The van der Waals surface area contributed by atoms with E-state index in [0.29, 0.717) is 6.42 Å². The SMILES string of the molecule is COC1CC(N[C@H](Cc2ccccc2)C(=O)O)C1. The minimum Gasteiger partial charge on any atom is -0.480 e. The number of methoxy groups -OCH3 is 1. The van der Waals surface area contributed by atoms with Gasteiger partial charge in [0, 0.05) is 13.2 Å². The molecule has 98 valence electrons. The molecule has 0 unspecified atom stereocenters. The highest BCUT2D eigenvalue weighted by Crippen LogP contribution is 2.23. The lowest BCUT2D eigenvalue weighted by atomic mass is 9.88. The molecule has 2 rings (SSSR count). The van der Waals surface area contributed by atoms with E-state index in [1.165, 1.54) is 0 Å². The number of aliphatic carboxylic acids is 1. The van der Waals surface area contributed by atoms with Crippen molar-refractivity contribution in [2.45, 2.75) is 37.5 Å². The van der Waals surface area contributed by atoms with Gasteiger partial charge in [0.25, 0.3) is 0 Å². The van der Waals surface area contributed by atoms with Crippen LogP contribution in [0.5, 0.6) is 0 Å². The molecule has 0 aromatic heterocycles. The third kappa shape index (κ3) is 3.31. The number of carbonyl (C=O) groups is 1. The minimum atomic E-state index is -0.792. The lowest BCUT2D eigenvalue weighted by Gasteiger charge is -2.36. The molecule has 1 saturated carbocycles. The number of nitrogens with one attached hydrogen (secondary N) is 1. The molecule has 0 bridgehead atoms. The maximum absolute atomic E-state index is 11.2. The van der Waals surface area contributed by atoms with Crippen LogP contribution in [0.25, 0.3) is 0 Å². The summed E-state index contributed by atoms with van der Waals surface area (Å²) in [7, 11) is 1.69. The number of hydrogen-bond acceptors (Lipinski definition) is 3. The summed E-state index contributed by atoms with van der Waals surface area (Å²) in [4.78, 5) is 11.2. The van der Waals surface area contributed by atoms with Gasteiger partial charge in [-0.05, 0) is 24.8 Å². The zero-order chi connectivity index (χ0) is 13.0. The quantitative estimate of drug-likeness (QED) is 0.801. The van der Waals surface area contributed by atoms with Crippen LogP contribution in [-0.2, 0) is 16.0 Å². The highest BCUT2D eigenvalue weighted by molar-refractivity contribution is 5.74. The van der Waals surface area contributed by atoms with Gasteiger partial charge in [0.1, 0.15) is 6.04 Å². The molecule has 0 radical (unpaired) electrons. The van der Waals surface area contributed by atoms with Crippen molar-refractivity contribution in [2.24, 2.45) is 0 Å². The van der Waals surface area contributed by atoms with E-state index in [2.05, 4.69) is 5.32 Å². The van der Waals surface area contributed by atoms with E-state index in [1.807, 2.05) is 30.3 Å². The molecule has 1 aromatic carbocycles. The van der Waals surface area contributed by atoms with Gasteiger partial charge in [0.15, 0.2) is 0 Å². The normalized spacial score (nSPS) is 24.3. The highest BCUT2D eigenvalue weighted by Gasteiger charge is 2.32. The van der Waals surface area contributed by atoms with Crippen LogP contribution < -0.4 is 5.32 Å². The van der Waals surface area contributed by atoms with Gasteiger partial charge in [-0.15, -0.1) is 0 Å². The molecule has 18 heavy (non-hydrogen) atoms. The van der Waals surface area contributed by atoms with E-state index in [9.17, 15) is 9.90 Å². The molecular weight excluding hydrogens is 230 g/mol. The van der Waals surface area contributed by atoms with Crippen LogP contribution in [0.4, 0.5) is 0 Å². The second kappa shape index (κ2) is 5.98. The van der Waals surface area contributed by atoms with Crippen molar-refractivity contribution in [2.75, 3.05) is 7.11 Å². The standard InChI is InChI=1S/C14H19NO3/c1-18-12-8-11(9-12)15-13(14(16)17)7-10-5-3-2-4-6-10/h2-6,11-13,15H,7-9H2,1H3,(H,16,17)/t11?,12?,13-/m1/s1. The first kappa shape index (κ1) is 13.1. The van der Waals surface area contributed by atoms with Gasteiger partial charge < -0.3 is 15.2 Å². The average Bonchev–Trinajstić information content (AvgIpc) is 2.32. The molecule has 2 N–H and O–H groups in total. The Balaban J connectivity index is 1.87. The summed E-state index contributed by atoms with van der Waals surface area (Å²) < 4.78 is 5.19. The Labute approximate surface area is 107 Å². The molecule has 1 atom stereocenters. The van der Waals surface area contributed by atoms with Gasteiger partial charge in [0.05, 0.1) is 6.10 Å². The number of ether oxygens (including phenoxy) is 1. The van der Waals surface area contributed by atoms with E-state index >= 15 is 0 Å². The Morgan fingerprint density at radius 2 is 2.11 bits per heavy atom. The highest BCUT2D eigenvalue weighted by atomic mass is 16.5. The summed E-state index contributed by atoms with van der Waals surface area (Å²) in [5.41, 5.74) is 1.04. The molecule has 1 aliphatic carbocycles. The van der Waals surface area contributed by atoms with E-state index in [4.69, 9.17) is 4.74 Å². The van der Waals surface area contributed by atoms with E-state index in [1.54, 1.807) is 7.11 Å². The predicted octanol–water partition coefficient (Wildman–Crippen LogP) is 1.45. The third-order valence-corrected chi connectivity index (χ3v) is 3.45. The molecule has 0 amide bonds. The number of benzene rings is 1. The largest absolute Gasteiger partial charge is 0.480 e. The van der Waals surface area contributed by atoms with Crippen LogP contribution in [0.2, 0.25) is 0 Å². The molecule has 0 heterocycles. The fourth-order valence-electron chi connectivity index (χ4n) is 2.25. The summed E-state index contributed by atoms with van der Waals surface area (Å²) in [5.74, 6) is -0.792. The van der Waals surface area contributed by atoms with Gasteiger partial charge >= 0.3 is 5.97 Å². The van der Waals surface area contributed by atoms with Gasteiger partial charge in [-0.1, -0.05) is 30.3 Å². The second-order valence-corrected chi connectivity index (χ2v) is 4.77. The predicted molar refractivity (Wildman–Crippen MR) is 68.5 cm³/mol. The van der Waals surface area contributed by atoms with Crippen molar-refractivity contribution < 1.29 is 14.6 Å². The fourth-order valence-corrected chi connectivity index (χ4v) is 2.25. The minimum absolute atomic E-state index is 0.264. The maximum atomic E-state index is 11.2. The number of rotatable bonds is 6. The van der Waals surface area contributed by atoms with Crippen LogP contribution in [0.3, 0.4) is 0 Å². The average molecular weight is 249 g/mol. The van der Waals surface area contributed by atoms with Crippen LogP contribution >= 0.6 is 0 Å². The molecule has 1 aromatic rings. The zero-order valence-corrected chi connectivity index (χ0v) is 10.5. The van der Waals surface area contributed by atoms with Gasteiger partial charge in [-0.25, -0.2) is 0 Å². The van der Waals surface area contributed by atoms with Crippen LogP contribution in [0.15, 0.2) is 30.3 Å². The van der Waals surface area contributed by atoms with Crippen LogP contribution in [0, 0.1) is 0 Å². The summed E-state index contributed by atoms with van der Waals surface area (Å²) >= 11 is 0. The molecule has 1 aliphatic rings. The molecular formula is C14H19NO3. The van der Waals surface area contributed by atoms with Gasteiger partial charge in [-0.3, -0.25) is 4.79 Å². The van der Waals surface area contributed by atoms with Crippen LogP contribution in [0.1, 0.15) is 18.4 Å². The maximum Gasteiger partial charge on any atom is 0.321 e. The van der Waals surface area contributed by atoms with E-state index < -0.39 is 12.0 Å². The Morgan fingerprint density at radius 3 is 2.67 bits per heavy atom. The topological polar surface area (TPSA) is 58.6 Å². The number of carboxylic acids is 1. The number of carboxylic acid groups (broad SMARTS) is 1. The van der Waals surface area contributed by atoms with Crippen molar-refractivity contribution in [1.29, 1.82) is 0 Å². The summed E-state index contributed by atoms with van der Waals surface area (Å²) in [6.07, 6.45) is 2.60. The van der Waals surface area contributed by atoms with Gasteiger partial charge in [0.2, 0.25) is 0 Å². The number of hydrogen-bond donors (Lipinski definition) is 2. The molecule has 4 nitrogen and oxygen atoms in total. The van der Waals surface area contributed by atoms with Crippen molar-refractivity contribution in [3.8, 4) is 0 Å². The first-order chi connectivity index (χ1) is 8.69. The molecule has 4 heteroatoms. The fraction of sp³-hybridized carbons (Fsp3) is 0.500. The lowest BCUT2D eigenvalue weighted by Crippen LogP contribution is -2.52. The summed E-state index contributed by atoms with van der Waals surface area (Å²) in [5, 5.41) is 12.4. The first-order valence-corrected chi connectivity index (χ1v) is 6.24. The third-order valence-electron chi connectivity index (χ3n) is 3.45. The van der Waals surface area contributed by atoms with Crippen molar-refractivity contribution in [1.82, 2.24) is 5.32 Å². The second-order valence-electron chi connectivity index (χ2n) is 4.77. The van der Waals surface area contributed by atoms with E-state index in [0.717, 1.165) is 18.4 Å². The Kier molecular flexibility index (Phi) is 4.33. The van der Waals surface area contributed by atoms with Gasteiger partial charge in [-0.2, -0.15) is 0 Å². The molecule has 1 fully saturated rings. The summed E-state index contributed by atoms with van der Waals surface area (Å²) in [6, 6.07) is 9.45. The molecule has 0 aliphatic heterocycles. The smallest absolute Gasteiger partial charge is 0.321 e. The first-order valence-electron chi connectivity index (χ1n) is 6.24. The molecule has 0 spiro atoms. The van der Waals surface area contributed by atoms with Crippen molar-refractivity contribution in [3.63, 3.8) is 0 Å². The van der Waals surface area contributed by atoms with Crippen molar-refractivity contribution in [3.05, 3.63) is 35.9 Å². The zero-order valence-electron chi connectivity index (χ0n) is 10.5. The van der Waals surface area contributed by atoms with Crippen molar-refractivity contribution >= 4 is 5.97 Å². The molecule has 0 saturated heterocycles. The Bertz CT molecular complexity index is 387. The lowest BCUT2D eigenvalue weighted by molar-refractivity contribution is -0.140. The van der Waals surface area contributed by atoms with Crippen LogP contribution in [-0.4, -0.2) is 36.4 Å². The monoisotopic (exact) mass is 249 g/mol.